The Morgan fingerprint density at radius 1 is 1.35 bits per heavy atom. The molecule has 0 saturated heterocycles. The fraction of sp³-hybridized carbons (Fsp3) is 0.0909. The number of carboxylic acids is 1. The summed E-state index contributed by atoms with van der Waals surface area (Å²) in [6.07, 6.45) is 3.24. The molecule has 0 fully saturated rings. The lowest BCUT2D eigenvalue weighted by Crippen LogP contribution is -2.00. The summed E-state index contributed by atoms with van der Waals surface area (Å²) < 4.78 is 1.34. The zero-order chi connectivity index (χ0) is 12.4. The van der Waals surface area contributed by atoms with E-state index in [9.17, 15) is 9.90 Å². The molecule has 0 aliphatic heterocycles. The van der Waals surface area contributed by atoms with Gasteiger partial charge in [0.05, 0.1) is 11.9 Å². The number of aromatic hydroxyl groups is 1. The van der Waals surface area contributed by atoms with Crippen molar-refractivity contribution < 1.29 is 15.0 Å². The molecule has 0 atom stereocenters. The smallest absolute Gasteiger partial charge is 0.360 e. The van der Waals surface area contributed by atoms with Gasteiger partial charge in [0.15, 0.2) is 5.75 Å². The van der Waals surface area contributed by atoms with E-state index in [1.54, 1.807) is 11.8 Å². The zero-order valence-electron chi connectivity index (χ0n) is 8.99. The molecule has 88 valence electrons. The molecule has 5 nitrogen and oxygen atoms in total. The van der Waals surface area contributed by atoms with E-state index < -0.39 is 5.97 Å². The quantitative estimate of drug-likeness (QED) is 0.815. The van der Waals surface area contributed by atoms with E-state index in [4.69, 9.17) is 5.11 Å². The van der Waals surface area contributed by atoms with Gasteiger partial charge in [-0.25, -0.2) is 9.48 Å². The first-order valence-corrected chi connectivity index (χ1v) is 6.00. The lowest BCUT2D eigenvalue weighted by atomic mass is 10.3. The molecule has 0 aliphatic rings. The monoisotopic (exact) mass is 250 g/mol. The van der Waals surface area contributed by atoms with Gasteiger partial charge >= 0.3 is 5.97 Å². The highest BCUT2D eigenvalue weighted by molar-refractivity contribution is 7.98. The molecule has 0 saturated carbocycles. The number of thioether (sulfide) groups is 1. The Morgan fingerprint density at radius 3 is 2.47 bits per heavy atom. The maximum absolute atomic E-state index is 10.7. The summed E-state index contributed by atoms with van der Waals surface area (Å²) in [6.45, 7) is 0. The first-order valence-electron chi connectivity index (χ1n) is 4.78. The van der Waals surface area contributed by atoms with Crippen molar-refractivity contribution in [3.05, 3.63) is 36.2 Å². The van der Waals surface area contributed by atoms with Crippen molar-refractivity contribution in [2.24, 2.45) is 0 Å². The van der Waals surface area contributed by atoms with Gasteiger partial charge in [0.1, 0.15) is 0 Å². The Labute approximate surface area is 102 Å². The van der Waals surface area contributed by atoms with Crippen molar-refractivity contribution in [3.63, 3.8) is 0 Å². The van der Waals surface area contributed by atoms with Crippen LogP contribution in [0.3, 0.4) is 0 Å². The molecule has 0 radical (unpaired) electrons. The van der Waals surface area contributed by atoms with Crippen LogP contribution in [0.1, 0.15) is 10.5 Å². The van der Waals surface area contributed by atoms with Crippen LogP contribution in [-0.4, -0.2) is 32.2 Å². The number of aromatic carboxylic acids is 1. The number of benzene rings is 1. The standard InChI is InChI=1S/C11H10N2O3S/c1-17-8-4-2-7(3-5-8)13-6-9(14)10(12-13)11(15)16/h2-6,14H,1H3,(H,15,16). The van der Waals surface area contributed by atoms with Gasteiger partial charge in [-0.3, -0.25) is 0 Å². The van der Waals surface area contributed by atoms with Crippen LogP contribution in [0.2, 0.25) is 0 Å². The van der Waals surface area contributed by atoms with Gasteiger partial charge in [-0.15, -0.1) is 11.8 Å². The first-order chi connectivity index (χ1) is 8.11. The van der Waals surface area contributed by atoms with E-state index in [-0.39, 0.29) is 11.4 Å². The minimum absolute atomic E-state index is 0.341. The van der Waals surface area contributed by atoms with Crippen LogP contribution in [-0.2, 0) is 0 Å². The van der Waals surface area contributed by atoms with Crippen LogP contribution in [0.25, 0.3) is 5.69 Å². The van der Waals surface area contributed by atoms with E-state index in [1.165, 1.54) is 10.9 Å². The Kier molecular flexibility index (Phi) is 3.06. The maximum Gasteiger partial charge on any atom is 0.360 e. The van der Waals surface area contributed by atoms with Crippen LogP contribution in [0.15, 0.2) is 35.4 Å². The third kappa shape index (κ3) is 2.26. The van der Waals surface area contributed by atoms with E-state index >= 15 is 0 Å². The van der Waals surface area contributed by atoms with Crippen LogP contribution < -0.4 is 0 Å². The summed E-state index contributed by atoms with van der Waals surface area (Å²) in [5, 5.41) is 22.0. The number of aromatic nitrogens is 2. The van der Waals surface area contributed by atoms with Gasteiger partial charge in [0.2, 0.25) is 5.69 Å². The normalized spacial score (nSPS) is 10.4. The van der Waals surface area contributed by atoms with E-state index in [2.05, 4.69) is 5.10 Å². The highest BCUT2D eigenvalue weighted by atomic mass is 32.2. The zero-order valence-corrected chi connectivity index (χ0v) is 9.81. The lowest BCUT2D eigenvalue weighted by molar-refractivity contribution is 0.0687. The SMILES string of the molecule is CSc1ccc(-n2cc(O)c(C(=O)O)n2)cc1. The minimum atomic E-state index is -1.25. The average Bonchev–Trinajstić information content (AvgIpc) is 2.71. The Bertz CT molecular complexity index is 548. The molecule has 1 aromatic heterocycles. The average molecular weight is 250 g/mol. The van der Waals surface area contributed by atoms with Gasteiger partial charge in [0.25, 0.3) is 0 Å². The fourth-order valence-corrected chi connectivity index (χ4v) is 1.79. The first kappa shape index (κ1) is 11.5. The third-order valence-corrected chi connectivity index (χ3v) is 2.98. The minimum Gasteiger partial charge on any atom is -0.504 e. The Hall–Kier alpha value is -1.95. The molecule has 1 aromatic carbocycles. The van der Waals surface area contributed by atoms with Gasteiger partial charge in [-0.05, 0) is 30.5 Å². The second kappa shape index (κ2) is 4.50. The number of carboxylic acid groups (broad SMARTS) is 1. The molecule has 6 heteroatoms. The summed E-state index contributed by atoms with van der Waals surface area (Å²) in [6, 6.07) is 7.42. The fourth-order valence-electron chi connectivity index (χ4n) is 1.38. The van der Waals surface area contributed by atoms with Crippen LogP contribution in [0.5, 0.6) is 5.75 Å². The largest absolute Gasteiger partial charge is 0.504 e. The second-order valence-electron chi connectivity index (χ2n) is 3.31. The van der Waals surface area contributed by atoms with Crippen molar-refractivity contribution in [3.8, 4) is 11.4 Å². The molecule has 0 spiro atoms. The highest BCUT2D eigenvalue weighted by Crippen LogP contribution is 2.20. The summed E-state index contributed by atoms with van der Waals surface area (Å²) in [4.78, 5) is 11.8. The molecule has 0 amide bonds. The molecule has 0 aliphatic carbocycles. The van der Waals surface area contributed by atoms with E-state index in [0.29, 0.717) is 5.69 Å². The van der Waals surface area contributed by atoms with Crippen molar-refractivity contribution in [1.29, 1.82) is 0 Å². The maximum atomic E-state index is 10.7. The van der Waals surface area contributed by atoms with E-state index in [0.717, 1.165) is 4.90 Å². The number of carbonyl (C=O) groups is 1. The van der Waals surface area contributed by atoms with Crippen molar-refractivity contribution in [2.45, 2.75) is 4.90 Å². The highest BCUT2D eigenvalue weighted by Gasteiger charge is 2.15. The summed E-state index contributed by atoms with van der Waals surface area (Å²) >= 11 is 1.61. The molecule has 1 heterocycles. The predicted octanol–water partition coefficient (Wildman–Crippen LogP) is 2.00. The van der Waals surface area contributed by atoms with Crippen molar-refractivity contribution in [1.82, 2.24) is 9.78 Å². The number of hydrogen-bond donors (Lipinski definition) is 2. The molecule has 0 bridgehead atoms. The van der Waals surface area contributed by atoms with Crippen LogP contribution in [0.4, 0.5) is 0 Å². The van der Waals surface area contributed by atoms with E-state index in [1.807, 2.05) is 30.5 Å². The van der Waals surface area contributed by atoms with Gasteiger partial charge in [0, 0.05) is 4.90 Å². The summed E-state index contributed by atoms with van der Waals surface area (Å²) in [7, 11) is 0. The summed E-state index contributed by atoms with van der Waals surface area (Å²) in [5.74, 6) is -1.59. The summed E-state index contributed by atoms with van der Waals surface area (Å²) in [5.41, 5.74) is 0.351. The molecule has 17 heavy (non-hydrogen) atoms. The lowest BCUT2D eigenvalue weighted by Gasteiger charge is -2.01. The number of rotatable bonds is 3. The number of hydrogen-bond acceptors (Lipinski definition) is 4. The van der Waals surface area contributed by atoms with Crippen molar-refractivity contribution >= 4 is 17.7 Å². The van der Waals surface area contributed by atoms with Gasteiger partial charge < -0.3 is 10.2 Å². The van der Waals surface area contributed by atoms with Crippen LogP contribution >= 0.6 is 11.8 Å². The molecule has 0 unspecified atom stereocenters. The second-order valence-corrected chi connectivity index (χ2v) is 4.19. The van der Waals surface area contributed by atoms with Gasteiger partial charge in [-0.2, -0.15) is 5.10 Å². The van der Waals surface area contributed by atoms with Crippen LogP contribution in [0, 0.1) is 0 Å². The topological polar surface area (TPSA) is 75.4 Å². The molecule has 2 aromatic rings. The van der Waals surface area contributed by atoms with Gasteiger partial charge in [-0.1, -0.05) is 0 Å². The Balaban J connectivity index is 2.39. The van der Waals surface area contributed by atoms with Crippen molar-refractivity contribution in [2.75, 3.05) is 6.26 Å². The molecular weight excluding hydrogens is 240 g/mol. The third-order valence-electron chi connectivity index (χ3n) is 2.23. The molecule has 2 rings (SSSR count). The Morgan fingerprint density at radius 2 is 2.00 bits per heavy atom. The molecule has 2 N–H and O–H groups in total. The number of nitrogens with zero attached hydrogens (tertiary/aromatic N) is 2. The predicted molar refractivity (Wildman–Crippen MR) is 64.0 cm³/mol. The molecular formula is C11H10N2O3S.